The molecule has 0 aliphatic carbocycles. The predicted molar refractivity (Wildman–Crippen MR) is 103 cm³/mol. The van der Waals surface area contributed by atoms with Crippen LogP contribution in [0.5, 0.6) is 0 Å². The van der Waals surface area contributed by atoms with Gasteiger partial charge in [0.15, 0.2) is 0 Å². The first kappa shape index (κ1) is 23.4. The summed E-state index contributed by atoms with van der Waals surface area (Å²) in [5.41, 5.74) is 2.99. The van der Waals surface area contributed by atoms with E-state index in [1.165, 1.54) is 29.5 Å². The van der Waals surface area contributed by atoms with E-state index in [0.717, 1.165) is 25.2 Å². The number of nitrogens with zero attached hydrogens (tertiary/aromatic N) is 2. The van der Waals surface area contributed by atoms with Crippen LogP contribution in [0.2, 0.25) is 0 Å². The lowest BCUT2D eigenvalue weighted by Gasteiger charge is -2.35. The van der Waals surface area contributed by atoms with Crippen LogP contribution in [0.4, 0.5) is 13.2 Å². The highest BCUT2D eigenvalue weighted by atomic mass is 32.2. The normalized spacial score (nSPS) is 16.6. The monoisotopic (exact) mass is 433 g/mol. The van der Waals surface area contributed by atoms with Crippen LogP contribution in [0.1, 0.15) is 45.9 Å². The molecule has 0 atom stereocenters. The van der Waals surface area contributed by atoms with Crippen LogP contribution in [0.15, 0.2) is 41.4 Å². The number of fused-ring (bicyclic) bond motifs is 1. The molecule has 0 bridgehead atoms. The Kier molecular flexibility index (Phi) is 6.51. The zero-order valence-corrected chi connectivity index (χ0v) is 17.9. The molecule has 0 radical (unpaired) electrons. The molecule has 2 aromatic rings. The van der Waals surface area contributed by atoms with Gasteiger partial charge in [-0.05, 0) is 32.9 Å². The Bertz CT molecular complexity index is 931. The second-order valence-electron chi connectivity index (χ2n) is 8.38. The highest BCUT2D eigenvalue weighted by molar-refractivity contribution is 7.86. The molecule has 3 rings (SSSR count). The van der Waals surface area contributed by atoms with Crippen LogP contribution in [0.25, 0.3) is 0 Å². The zero-order chi connectivity index (χ0) is 22.1. The average Bonchev–Trinajstić information content (AvgIpc) is 3.00. The van der Waals surface area contributed by atoms with Gasteiger partial charge in [0.1, 0.15) is 0 Å². The largest absolute Gasteiger partial charge is 0.537 e. The summed E-state index contributed by atoms with van der Waals surface area (Å²) in [5, 5.41) is 7.98. The van der Waals surface area contributed by atoms with E-state index < -0.39 is 21.4 Å². The van der Waals surface area contributed by atoms with E-state index in [0.29, 0.717) is 0 Å². The number of aromatic nitrogens is 2. The molecule has 0 unspecified atom stereocenters. The Morgan fingerprint density at radius 1 is 1.14 bits per heavy atom. The molecule has 1 aliphatic rings. The summed E-state index contributed by atoms with van der Waals surface area (Å²) < 4.78 is 61.9. The lowest BCUT2D eigenvalue weighted by Crippen LogP contribution is -2.42. The van der Waals surface area contributed by atoms with Crippen molar-refractivity contribution in [3.63, 3.8) is 0 Å². The van der Waals surface area contributed by atoms with Gasteiger partial charge in [0.25, 0.3) is 0 Å². The SMILES string of the molecule is CC1(C)CNCc2cnn(C(C)(C)C)c21.O=S(=O)(OC(F)(F)F)c1ccccc1. The Hall–Kier alpha value is -1.91. The molecule has 2 heterocycles. The lowest BCUT2D eigenvalue weighted by atomic mass is 9.83. The molecule has 6 nitrogen and oxygen atoms in total. The minimum atomic E-state index is -5.20. The third-order valence-electron chi connectivity index (χ3n) is 4.24. The molecule has 0 saturated carbocycles. The van der Waals surface area contributed by atoms with Gasteiger partial charge in [-0.1, -0.05) is 32.0 Å². The number of halogens is 3. The molecule has 1 aromatic heterocycles. The molecular formula is C19H26F3N3O3S. The Morgan fingerprint density at radius 3 is 2.24 bits per heavy atom. The third kappa shape index (κ3) is 6.03. The van der Waals surface area contributed by atoms with E-state index >= 15 is 0 Å². The highest BCUT2D eigenvalue weighted by Crippen LogP contribution is 2.32. The quantitative estimate of drug-likeness (QED) is 0.727. The number of nitrogens with one attached hydrogen (secondary N) is 1. The van der Waals surface area contributed by atoms with Crippen molar-refractivity contribution in [2.24, 2.45) is 0 Å². The number of benzene rings is 1. The molecule has 162 valence electrons. The Morgan fingerprint density at radius 2 is 1.72 bits per heavy atom. The number of hydrogen-bond donors (Lipinski definition) is 1. The van der Waals surface area contributed by atoms with Gasteiger partial charge in [-0.2, -0.15) is 17.7 Å². The van der Waals surface area contributed by atoms with Crippen molar-refractivity contribution in [1.29, 1.82) is 0 Å². The van der Waals surface area contributed by atoms with Crippen LogP contribution in [0.3, 0.4) is 0 Å². The fraction of sp³-hybridized carbons (Fsp3) is 0.526. The Balaban J connectivity index is 0.000000208. The first-order chi connectivity index (χ1) is 13.1. The van der Waals surface area contributed by atoms with Gasteiger partial charge < -0.3 is 5.32 Å². The maximum atomic E-state index is 11.6. The summed E-state index contributed by atoms with van der Waals surface area (Å²) in [7, 11) is -4.74. The van der Waals surface area contributed by atoms with E-state index in [1.54, 1.807) is 0 Å². The van der Waals surface area contributed by atoms with Crippen LogP contribution >= 0.6 is 0 Å². The van der Waals surface area contributed by atoms with E-state index in [4.69, 9.17) is 0 Å². The molecule has 0 fully saturated rings. The summed E-state index contributed by atoms with van der Waals surface area (Å²) in [5.74, 6) is 0. The maximum Gasteiger partial charge on any atom is 0.537 e. The summed E-state index contributed by atoms with van der Waals surface area (Å²) in [6, 6.07) is 6.11. The zero-order valence-electron chi connectivity index (χ0n) is 17.0. The molecule has 1 aromatic carbocycles. The van der Waals surface area contributed by atoms with E-state index in [2.05, 4.69) is 53.9 Å². The maximum absolute atomic E-state index is 11.6. The van der Waals surface area contributed by atoms with Crippen LogP contribution in [-0.2, 0) is 31.8 Å². The molecule has 29 heavy (non-hydrogen) atoms. The summed E-state index contributed by atoms with van der Waals surface area (Å²) in [6.07, 6.45) is -3.19. The van der Waals surface area contributed by atoms with Gasteiger partial charge in [0, 0.05) is 24.1 Å². The van der Waals surface area contributed by atoms with Crippen molar-refractivity contribution in [1.82, 2.24) is 15.1 Å². The van der Waals surface area contributed by atoms with Crippen molar-refractivity contribution in [3.8, 4) is 0 Å². The predicted octanol–water partition coefficient (Wildman–Crippen LogP) is 3.93. The van der Waals surface area contributed by atoms with Crippen molar-refractivity contribution in [2.45, 2.75) is 63.4 Å². The van der Waals surface area contributed by atoms with E-state index in [9.17, 15) is 21.6 Å². The van der Waals surface area contributed by atoms with E-state index in [1.807, 2.05) is 6.20 Å². The van der Waals surface area contributed by atoms with Gasteiger partial charge in [-0.3, -0.25) is 4.68 Å². The highest BCUT2D eigenvalue weighted by Gasteiger charge is 2.37. The second kappa shape index (κ2) is 8.08. The van der Waals surface area contributed by atoms with Gasteiger partial charge >= 0.3 is 16.5 Å². The van der Waals surface area contributed by atoms with Crippen LogP contribution in [-0.4, -0.2) is 31.1 Å². The Labute approximate surface area is 169 Å². The van der Waals surface area contributed by atoms with Gasteiger partial charge in [0.05, 0.1) is 22.3 Å². The smallest absolute Gasteiger partial charge is 0.312 e. The second-order valence-corrected chi connectivity index (χ2v) is 9.93. The van der Waals surface area contributed by atoms with Gasteiger partial charge in [0.2, 0.25) is 0 Å². The average molecular weight is 433 g/mol. The molecule has 0 spiro atoms. The third-order valence-corrected chi connectivity index (χ3v) is 5.50. The summed E-state index contributed by atoms with van der Waals surface area (Å²) >= 11 is 0. The molecular weight excluding hydrogens is 407 g/mol. The molecule has 0 amide bonds. The van der Waals surface area contributed by atoms with Crippen LogP contribution in [0, 0.1) is 0 Å². The number of alkyl halides is 3. The molecule has 10 heteroatoms. The number of hydrogen-bond acceptors (Lipinski definition) is 5. The van der Waals surface area contributed by atoms with Crippen molar-refractivity contribution < 1.29 is 25.8 Å². The van der Waals surface area contributed by atoms with E-state index in [-0.39, 0.29) is 11.0 Å². The summed E-state index contributed by atoms with van der Waals surface area (Å²) in [6.45, 7) is 13.2. The first-order valence-electron chi connectivity index (χ1n) is 8.99. The standard InChI is InChI=1S/C12H21N3.C7H5F3O3S/c1-11(2,3)15-10-9(7-14-15)6-13-8-12(10,4)5;8-7(9,10)13-14(11,12)6-4-2-1-3-5-6/h7,13H,6,8H2,1-5H3;1-5H. The topological polar surface area (TPSA) is 73.2 Å². The van der Waals surface area contributed by atoms with Gasteiger partial charge in [-0.15, -0.1) is 13.2 Å². The minimum Gasteiger partial charge on any atom is -0.312 e. The number of rotatable bonds is 2. The minimum absolute atomic E-state index is 0.0716. The summed E-state index contributed by atoms with van der Waals surface area (Å²) in [4.78, 5) is -0.530. The van der Waals surface area contributed by atoms with Crippen molar-refractivity contribution >= 4 is 10.1 Å². The van der Waals surface area contributed by atoms with Crippen LogP contribution < -0.4 is 5.32 Å². The van der Waals surface area contributed by atoms with Crippen molar-refractivity contribution in [3.05, 3.63) is 47.8 Å². The van der Waals surface area contributed by atoms with Crippen molar-refractivity contribution in [2.75, 3.05) is 6.54 Å². The fourth-order valence-corrected chi connectivity index (χ4v) is 3.93. The fourth-order valence-electron chi connectivity index (χ4n) is 3.09. The molecule has 1 aliphatic heterocycles. The lowest BCUT2D eigenvalue weighted by molar-refractivity contribution is -0.271. The molecule has 0 saturated heterocycles. The molecule has 1 N–H and O–H groups in total. The first-order valence-corrected chi connectivity index (χ1v) is 10.4. The van der Waals surface area contributed by atoms with Gasteiger partial charge in [-0.25, -0.2) is 0 Å².